The van der Waals surface area contributed by atoms with Gasteiger partial charge in [0.1, 0.15) is 0 Å². The quantitative estimate of drug-likeness (QED) is 0.762. The fourth-order valence-electron chi connectivity index (χ4n) is 2.14. The van der Waals surface area contributed by atoms with Crippen molar-refractivity contribution in [3.8, 4) is 0 Å². The zero-order valence-electron chi connectivity index (χ0n) is 12.8. The second-order valence-corrected chi connectivity index (χ2v) is 8.24. The topological polar surface area (TPSA) is 46.2 Å². The normalized spacial score (nSPS) is 13.6. The molecule has 0 radical (unpaired) electrons. The van der Waals surface area contributed by atoms with Crippen molar-refractivity contribution in [1.82, 2.24) is 5.32 Å². The molecular weight excluding hydrogens is 270 g/mol. The Kier molecular flexibility index (Phi) is 7.24. The lowest BCUT2D eigenvalue weighted by atomic mass is 9.97. The molecule has 0 aliphatic rings. The van der Waals surface area contributed by atoms with Gasteiger partial charge in [-0.15, -0.1) is 0 Å². The van der Waals surface area contributed by atoms with E-state index in [4.69, 9.17) is 0 Å². The van der Waals surface area contributed by atoms with Gasteiger partial charge in [-0.3, -0.25) is 0 Å². The van der Waals surface area contributed by atoms with Crippen molar-refractivity contribution in [3.63, 3.8) is 0 Å². The monoisotopic (exact) mass is 297 g/mol. The summed E-state index contributed by atoms with van der Waals surface area (Å²) < 4.78 is 23.9. The van der Waals surface area contributed by atoms with Gasteiger partial charge in [0.2, 0.25) is 0 Å². The number of benzene rings is 1. The molecule has 0 aliphatic carbocycles. The third-order valence-electron chi connectivity index (χ3n) is 3.58. The van der Waals surface area contributed by atoms with Crippen LogP contribution in [0.5, 0.6) is 0 Å². The van der Waals surface area contributed by atoms with Crippen LogP contribution in [0.2, 0.25) is 0 Å². The average molecular weight is 297 g/mol. The maximum Gasteiger partial charge on any atom is 0.152 e. The largest absolute Gasteiger partial charge is 0.317 e. The van der Waals surface area contributed by atoms with Gasteiger partial charge in [0.15, 0.2) is 9.84 Å². The van der Waals surface area contributed by atoms with Crippen LogP contribution in [0.25, 0.3) is 0 Å². The summed E-state index contributed by atoms with van der Waals surface area (Å²) >= 11 is 0. The maximum atomic E-state index is 11.9. The van der Waals surface area contributed by atoms with Crippen LogP contribution in [0.15, 0.2) is 30.3 Å². The average Bonchev–Trinajstić information content (AvgIpc) is 2.43. The molecule has 3 nitrogen and oxygen atoms in total. The summed E-state index contributed by atoms with van der Waals surface area (Å²) in [7, 11) is -2.94. The molecule has 20 heavy (non-hydrogen) atoms. The van der Waals surface area contributed by atoms with E-state index in [9.17, 15) is 8.42 Å². The van der Waals surface area contributed by atoms with E-state index in [1.54, 1.807) is 13.8 Å². The maximum absolute atomic E-state index is 11.9. The van der Waals surface area contributed by atoms with Gasteiger partial charge in [-0.2, -0.15) is 0 Å². The molecule has 0 heterocycles. The lowest BCUT2D eigenvalue weighted by Crippen LogP contribution is -2.27. The van der Waals surface area contributed by atoms with Crippen LogP contribution >= 0.6 is 0 Å². The molecule has 0 spiro atoms. The molecule has 1 aromatic carbocycles. The van der Waals surface area contributed by atoms with Gasteiger partial charge in [-0.05, 0) is 51.3 Å². The number of rotatable bonds is 9. The second-order valence-electron chi connectivity index (χ2n) is 5.57. The summed E-state index contributed by atoms with van der Waals surface area (Å²) in [6, 6.07) is 10.3. The van der Waals surface area contributed by atoms with Gasteiger partial charge in [-0.25, -0.2) is 8.42 Å². The Hall–Kier alpha value is -0.870. The fraction of sp³-hybridized carbons (Fsp3) is 0.625. The summed E-state index contributed by atoms with van der Waals surface area (Å²) in [6.45, 7) is 7.38. The molecule has 0 amide bonds. The molecule has 1 N–H and O–H groups in total. The molecule has 4 heteroatoms. The zero-order valence-corrected chi connectivity index (χ0v) is 13.6. The minimum atomic E-state index is -2.94. The van der Waals surface area contributed by atoms with E-state index in [1.165, 1.54) is 5.56 Å². The third kappa shape index (κ3) is 6.06. The Balaban J connectivity index is 2.60. The molecule has 1 atom stereocenters. The number of hydrogen-bond donors (Lipinski definition) is 1. The molecule has 0 bridgehead atoms. The highest BCUT2D eigenvalue weighted by molar-refractivity contribution is 7.91. The highest BCUT2D eigenvalue weighted by atomic mass is 32.2. The van der Waals surface area contributed by atoms with Crippen molar-refractivity contribution in [2.45, 2.75) is 38.9 Å². The van der Waals surface area contributed by atoms with Crippen molar-refractivity contribution in [2.75, 3.05) is 18.8 Å². The summed E-state index contributed by atoms with van der Waals surface area (Å²) in [5.74, 6) is 0.652. The van der Waals surface area contributed by atoms with Gasteiger partial charge >= 0.3 is 0 Å². The summed E-state index contributed by atoms with van der Waals surface area (Å²) in [5, 5.41) is 3.06. The van der Waals surface area contributed by atoms with Crippen LogP contribution in [0.4, 0.5) is 0 Å². The van der Waals surface area contributed by atoms with E-state index in [0.29, 0.717) is 5.92 Å². The Labute approximate surface area is 123 Å². The first kappa shape index (κ1) is 17.2. The van der Waals surface area contributed by atoms with Crippen LogP contribution in [0, 0.1) is 5.92 Å². The van der Waals surface area contributed by atoms with E-state index in [2.05, 4.69) is 24.4 Å². The molecule has 0 saturated heterocycles. The third-order valence-corrected chi connectivity index (χ3v) is 5.82. The van der Waals surface area contributed by atoms with Gasteiger partial charge in [0, 0.05) is 0 Å². The minimum Gasteiger partial charge on any atom is -0.317 e. The first-order chi connectivity index (χ1) is 9.45. The van der Waals surface area contributed by atoms with Gasteiger partial charge < -0.3 is 5.32 Å². The van der Waals surface area contributed by atoms with Crippen LogP contribution in [0.3, 0.4) is 0 Å². The van der Waals surface area contributed by atoms with Crippen molar-refractivity contribution in [1.29, 1.82) is 0 Å². The predicted molar refractivity (Wildman–Crippen MR) is 85.7 cm³/mol. The van der Waals surface area contributed by atoms with Crippen molar-refractivity contribution in [2.24, 2.45) is 5.92 Å². The Morgan fingerprint density at radius 1 is 1.15 bits per heavy atom. The fourth-order valence-corrected chi connectivity index (χ4v) is 3.27. The van der Waals surface area contributed by atoms with Crippen LogP contribution in [0.1, 0.15) is 32.8 Å². The summed E-state index contributed by atoms with van der Waals surface area (Å²) in [4.78, 5) is 0. The highest BCUT2D eigenvalue weighted by Crippen LogP contribution is 2.14. The van der Waals surface area contributed by atoms with E-state index in [-0.39, 0.29) is 11.0 Å². The number of nitrogens with one attached hydrogen (secondary N) is 1. The Bertz CT molecular complexity index is 469. The van der Waals surface area contributed by atoms with E-state index in [0.717, 1.165) is 25.9 Å². The summed E-state index contributed by atoms with van der Waals surface area (Å²) in [6.07, 6.45) is 1.66. The molecule has 0 aliphatic heterocycles. The van der Waals surface area contributed by atoms with Crippen LogP contribution in [-0.4, -0.2) is 32.5 Å². The van der Waals surface area contributed by atoms with Gasteiger partial charge in [0.25, 0.3) is 0 Å². The molecule has 1 rings (SSSR count). The Morgan fingerprint density at radius 3 is 2.35 bits per heavy atom. The minimum absolute atomic E-state index is 0.279. The lowest BCUT2D eigenvalue weighted by molar-refractivity contribution is 0.464. The molecule has 0 aromatic heterocycles. The van der Waals surface area contributed by atoms with E-state index in [1.807, 2.05) is 18.2 Å². The van der Waals surface area contributed by atoms with Crippen LogP contribution in [-0.2, 0) is 16.3 Å². The lowest BCUT2D eigenvalue weighted by Gasteiger charge is -2.18. The second kappa shape index (κ2) is 8.42. The zero-order chi connectivity index (χ0) is 15.0. The van der Waals surface area contributed by atoms with Crippen molar-refractivity contribution >= 4 is 9.84 Å². The van der Waals surface area contributed by atoms with Gasteiger partial charge in [0.05, 0.1) is 11.0 Å². The van der Waals surface area contributed by atoms with Crippen molar-refractivity contribution < 1.29 is 8.42 Å². The first-order valence-electron chi connectivity index (χ1n) is 7.42. The predicted octanol–water partition coefficient (Wildman–Crippen LogP) is 2.67. The molecular formula is C16H27NO2S. The van der Waals surface area contributed by atoms with Gasteiger partial charge in [-0.1, -0.05) is 37.3 Å². The van der Waals surface area contributed by atoms with E-state index < -0.39 is 9.84 Å². The standard InChI is InChI=1S/C16H27NO2S/c1-4-17-13-16(10-11-20(18,19)14(2)3)12-15-8-6-5-7-9-15/h5-9,14,16-17H,4,10-13H2,1-3H3. The highest BCUT2D eigenvalue weighted by Gasteiger charge is 2.19. The summed E-state index contributed by atoms with van der Waals surface area (Å²) in [5.41, 5.74) is 1.28. The first-order valence-corrected chi connectivity index (χ1v) is 9.13. The number of sulfone groups is 1. The molecule has 0 saturated carbocycles. The molecule has 1 aromatic rings. The molecule has 114 valence electrons. The Morgan fingerprint density at radius 2 is 1.80 bits per heavy atom. The molecule has 1 unspecified atom stereocenters. The number of hydrogen-bond acceptors (Lipinski definition) is 3. The molecule has 0 fully saturated rings. The van der Waals surface area contributed by atoms with Crippen LogP contribution < -0.4 is 5.32 Å². The van der Waals surface area contributed by atoms with E-state index >= 15 is 0 Å². The van der Waals surface area contributed by atoms with Crippen molar-refractivity contribution in [3.05, 3.63) is 35.9 Å². The SMILES string of the molecule is CCNCC(CCS(=O)(=O)C(C)C)Cc1ccccc1. The smallest absolute Gasteiger partial charge is 0.152 e.